The molecule has 0 aliphatic heterocycles. The molecular weight excluding hydrogens is 502 g/mol. The van der Waals surface area contributed by atoms with E-state index in [9.17, 15) is 18.8 Å². The molecule has 0 saturated carbocycles. The highest BCUT2D eigenvalue weighted by molar-refractivity contribution is 6.42. The van der Waals surface area contributed by atoms with E-state index in [0.29, 0.717) is 11.3 Å². The number of hydrogen-bond acceptors (Lipinski definition) is 8. The smallest absolute Gasteiger partial charge is 0.308 e. The van der Waals surface area contributed by atoms with E-state index >= 15 is 0 Å². The zero-order valence-corrected chi connectivity index (χ0v) is 19.7. The van der Waals surface area contributed by atoms with Crippen molar-refractivity contribution in [3.8, 4) is 11.5 Å². The van der Waals surface area contributed by atoms with Crippen molar-refractivity contribution in [1.82, 2.24) is 0 Å². The Bertz CT molecular complexity index is 1600. The number of ether oxygens (including phenoxy) is 2. The second kappa shape index (κ2) is 9.73. The van der Waals surface area contributed by atoms with E-state index in [4.69, 9.17) is 37.1 Å². The molecule has 0 atom stereocenters. The van der Waals surface area contributed by atoms with E-state index in [1.165, 1.54) is 30.5 Å². The standard InChI is InChI=1S/C24H15Cl2FN2O6/c1-11(30)33-22-17-20(32)16-8-3-5-13(10-28-29-15-7-4-6-14(27)9-15)21(16)35-23(17)19(26)24(18(22)25)34-12(2)31/h3-10,29H,1-2H3/b28-10+. The minimum Gasteiger partial charge on any atom is -0.453 e. The first-order valence-corrected chi connectivity index (χ1v) is 10.7. The highest BCUT2D eigenvalue weighted by atomic mass is 35.5. The number of para-hydroxylation sites is 1. The summed E-state index contributed by atoms with van der Waals surface area (Å²) in [6.45, 7) is 2.24. The van der Waals surface area contributed by atoms with Crippen LogP contribution in [0.2, 0.25) is 10.0 Å². The molecule has 8 nitrogen and oxygen atoms in total. The number of hydrogen-bond donors (Lipinski definition) is 1. The Labute approximate surface area is 206 Å². The molecular formula is C24H15Cl2FN2O6. The summed E-state index contributed by atoms with van der Waals surface area (Å²) in [5.74, 6) is -2.63. The van der Waals surface area contributed by atoms with Gasteiger partial charge >= 0.3 is 11.9 Å². The predicted octanol–water partition coefficient (Wildman–Crippen LogP) is 5.69. The fraction of sp³-hybridized carbons (Fsp3) is 0.0833. The lowest BCUT2D eigenvalue weighted by molar-refractivity contribution is -0.132. The van der Waals surface area contributed by atoms with E-state index in [0.717, 1.165) is 13.8 Å². The minimum absolute atomic E-state index is 0.0987. The first kappa shape index (κ1) is 24.2. The summed E-state index contributed by atoms with van der Waals surface area (Å²) in [5.41, 5.74) is 2.76. The topological polar surface area (TPSA) is 107 Å². The van der Waals surface area contributed by atoms with Gasteiger partial charge in [0, 0.05) is 19.4 Å². The Kier molecular flexibility index (Phi) is 6.72. The van der Waals surface area contributed by atoms with Gasteiger partial charge in [-0.2, -0.15) is 5.10 Å². The first-order chi connectivity index (χ1) is 16.7. The summed E-state index contributed by atoms with van der Waals surface area (Å²) < 4.78 is 29.6. The van der Waals surface area contributed by atoms with Crippen molar-refractivity contribution in [2.75, 3.05) is 5.43 Å². The molecule has 4 aromatic rings. The molecule has 178 valence electrons. The fourth-order valence-corrected chi connectivity index (χ4v) is 3.90. The van der Waals surface area contributed by atoms with Gasteiger partial charge in [0.15, 0.2) is 17.1 Å². The van der Waals surface area contributed by atoms with Crippen molar-refractivity contribution in [3.63, 3.8) is 0 Å². The molecule has 0 unspecified atom stereocenters. The number of esters is 2. The summed E-state index contributed by atoms with van der Waals surface area (Å²) in [4.78, 5) is 36.7. The zero-order valence-electron chi connectivity index (χ0n) is 18.1. The lowest BCUT2D eigenvalue weighted by atomic mass is 10.1. The van der Waals surface area contributed by atoms with Crippen molar-refractivity contribution in [3.05, 3.63) is 74.1 Å². The first-order valence-electron chi connectivity index (χ1n) is 9.99. The van der Waals surface area contributed by atoms with Gasteiger partial charge in [-0.15, -0.1) is 0 Å². The SMILES string of the molecule is CC(=O)Oc1c(Cl)c(OC(C)=O)c2c(=O)c3cccc(/C=N/Nc4cccc(F)c4)c3oc2c1Cl. The van der Waals surface area contributed by atoms with Crippen LogP contribution >= 0.6 is 23.2 Å². The van der Waals surface area contributed by atoms with E-state index in [1.807, 2.05) is 0 Å². The number of anilines is 1. The third-order valence-corrected chi connectivity index (χ3v) is 5.37. The number of hydrazone groups is 1. The average Bonchev–Trinajstić information content (AvgIpc) is 2.80. The normalized spacial score (nSPS) is 11.2. The molecule has 35 heavy (non-hydrogen) atoms. The van der Waals surface area contributed by atoms with Crippen LogP contribution in [-0.2, 0) is 9.59 Å². The number of nitrogens with zero attached hydrogens (tertiary/aromatic N) is 1. The van der Waals surface area contributed by atoms with Crippen LogP contribution < -0.4 is 20.3 Å². The van der Waals surface area contributed by atoms with Crippen LogP contribution in [0, 0.1) is 5.82 Å². The second-order valence-corrected chi connectivity index (χ2v) is 7.97. The van der Waals surface area contributed by atoms with Gasteiger partial charge < -0.3 is 13.9 Å². The number of carbonyl (C=O) groups is 2. The number of halogens is 3. The molecule has 3 aromatic carbocycles. The summed E-state index contributed by atoms with van der Waals surface area (Å²) >= 11 is 12.7. The minimum atomic E-state index is -0.770. The molecule has 4 rings (SSSR count). The number of carbonyl (C=O) groups excluding carboxylic acids is 2. The molecule has 0 spiro atoms. The van der Waals surface area contributed by atoms with Crippen LogP contribution in [0.1, 0.15) is 19.4 Å². The predicted molar refractivity (Wildman–Crippen MR) is 130 cm³/mol. The number of nitrogens with one attached hydrogen (secondary N) is 1. The summed E-state index contributed by atoms with van der Waals surface area (Å²) in [7, 11) is 0. The van der Waals surface area contributed by atoms with Crippen molar-refractivity contribution >= 4 is 69.0 Å². The monoisotopic (exact) mass is 516 g/mol. The zero-order chi connectivity index (χ0) is 25.3. The molecule has 11 heteroatoms. The molecule has 1 N–H and O–H groups in total. The van der Waals surface area contributed by atoms with E-state index in [1.54, 1.807) is 18.2 Å². The third-order valence-electron chi connectivity index (χ3n) is 4.69. The Morgan fingerprint density at radius 2 is 1.69 bits per heavy atom. The molecule has 0 saturated heterocycles. The van der Waals surface area contributed by atoms with Gasteiger partial charge in [0.25, 0.3) is 0 Å². The maximum atomic E-state index is 13.4. The van der Waals surface area contributed by atoms with Crippen molar-refractivity contribution in [2.24, 2.45) is 5.10 Å². The van der Waals surface area contributed by atoms with Gasteiger partial charge in [0.05, 0.1) is 17.3 Å². The molecule has 1 heterocycles. The number of fused-ring (bicyclic) bond motifs is 2. The Balaban J connectivity index is 1.95. The average molecular weight is 517 g/mol. The second-order valence-electron chi connectivity index (χ2n) is 7.21. The molecule has 0 aliphatic rings. The molecule has 0 bridgehead atoms. The van der Waals surface area contributed by atoms with Crippen LogP contribution in [0.4, 0.5) is 10.1 Å². The molecule has 0 aliphatic carbocycles. The molecule has 1 aromatic heterocycles. The van der Waals surface area contributed by atoms with Crippen LogP contribution in [0.5, 0.6) is 11.5 Å². The van der Waals surface area contributed by atoms with Gasteiger partial charge in [0.1, 0.15) is 26.8 Å². The maximum absolute atomic E-state index is 13.4. The van der Waals surface area contributed by atoms with E-state index in [2.05, 4.69) is 10.5 Å². The Morgan fingerprint density at radius 1 is 1.00 bits per heavy atom. The van der Waals surface area contributed by atoms with Gasteiger partial charge in [-0.1, -0.05) is 35.3 Å². The molecule has 0 amide bonds. The van der Waals surface area contributed by atoms with Crippen LogP contribution in [0.3, 0.4) is 0 Å². The lowest BCUT2D eigenvalue weighted by Crippen LogP contribution is -2.11. The largest absolute Gasteiger partial charge is 0.453 e. The summed E-state index contributed by atoms with van der Waals surface area (Å²) in [6, 6.07) is 10.4. The number of benzene rings is 3. The number of rotatable bonds is 5. The van der Waals surface area contributed by atoms with Crippen LogP contribution in [0.25, 0.3) is 21.9 Å². The van der Waals surface area contributed by atoms with Crippen molar-refractivity contribution in [2.45, 2.75) is 13.8 Å². The van der Waals surface area contributed by atoms with Crippen LogP contribution in [0.15, 0.2) is 56.8 Å². The van der Waals surface area contributed by atoms with Gasteiger partial charge in [0.2, 0.25) is 5.43 Å². The molecule has 0 fully saturated rings. The fourth-order valence-electron chi connectivity index (χ4n) is 3.32. The molecule has 0 radical (unpaired) electrons. The quantitative estimate of drug-likeness (QED) is 0.119. The highest BCUT2D eigenvalue weighted by Crippen LogP contribution is 2.47. The van der Waals surface area contributed by atoms with E-state index < -0.39 is 23.2 Å². The highest BCUT2D eigenvalue weighted by Gasteiger charge is 2.27. The van der Waals surface area contributed by atoms with Gasteiger partial charge in [-0.25, -0.2) is 4.39 Å². The summed E-state index contributed by atoms with van der Waals surface area (Å²) in [5, 5.41) is 3.38. The van der Waals surface area contributed by atoms with Crippen LogP contribution in [-0.4, -0.2) is 18.2 Å². The van der Waals surface area contributed by atoms with Crippen molar-refractivity contribution < 1.29 is 27.9 Å². The van der Waals surface area contributed by atoms with Gasteiger partial charge in [-0.05, 0) is 30.3 Å². The third kappa shape index (κ3) is 4.82. The van der Waals surface area contributed by atoms with Crippen molar-refractivity contribution in [1.29, 1.82) is 0 Å². The Morgan fingerprint density at radius 3 is 2.37 bits per heavy atom. The Hall–Kier alpha value is -3.95. The summed E-state index contributed by atoms with van der Waals surface area (Å²) in [6.07, 6.45) is 1.37. The maximum Gasteiger partial charge on any atom is 0.308 e. The van der Waals surface area contributed by atoms with Gasteiger partial charge in [-0.3, -0.25) is 19.8 Å². The lowest BCUT2D eigenvalue weighted by Gasteiger charge is -2.14. The van der Waals surface area contributed by atoms with E-state index in [-0.39, 0.29) is 43.5 Å².